The molecule has 0 aromatic carbocycles. The first-order chi connectivity index (χ1) is 11.6. The number of carbonyl (C=O) groups is 4. The maximum Gasteiger partial charge on any atom is 0.275 e. The van der Waals surface area contributed by atoms with Crippen LogP contribution < -0.4 is 22.2 Å². The van der Waals surface area contributed by atoms with Crippen molar-refractivity contribution in [2.45, 2.75) is 38.9 Å². The van der Waals surface area contributed by atoms with Crippen LogP contribution in [0.5, 0.6) is 0 Å². The minimum absolute atomic E-state index is 0.182. The quantitative estimate of drug-likeness (QED) is 0.269. The molecule has 10 nitrogen and oxygen atoms in total. The van der Waals surface area contributed by atoms with Crippen molar-refractivity contribution < 1.29 is 19.2 Å². The van der Waals surface area contributed by atoms with Crippen molar-refractivity contribution in [3.63, 3.8) is 0 Å². The van der Waals surface area contributed by atoms with Gasteiger partial charge in [0.15, 0.2) is 0 Å². The Labute approximate surface area is 144 Å². The van der Waals surface area contributed by atoms with E-state index in [-0.39, 0.29) is 5.56 Å². The van der Waals surface area contributed by atoms with Crippen LogP contribution in [0.25, 0.3) is 0 Å². The monoisotopic (exact) mass is 350 g/mol. The van der Waals surface area contributed by atoms with E-state index in [1.54, 1.807) is 0 Å². The molecule has 4 amide bonds. The van der Waals surface area contributed by atoms with Crippen molar-refractivity contribution in [3.05, 3.63) is 30.1 Å². The second kappa shape index (κ2) is 8.85. The largest absolute Gasteiger partial charge is 0.343 e. The molecule has 0 bridgehead atoms. The highest BCUT2D eigenvalue weighted by Crippen LogP contribution is 2.02. The fraction of sp³-hybridized carbons (Fsp3) is 0.400. The van der Waals surface area contributed by atoms with Gasteiger partial charge in [0.2, 0.25) is 11.8 Å². The average Bonchev–Trinajstić information content (AvgIpc) is 2.60. The van der Waals surface area contributed by atoms with Gasteiger partial charge in [0.25, 0.3) is 11.8 Å². The Bertz CT molecular complexity index is 649. The van der Waals surface area contributed by atoms with E-state index in [0.29, 0.717) is 5.01 Å². The van der Waals surface area contributed by atoms with E-state index in [9.17, 15) is 19.2 Å². The lowest BCUT2D eigenvalue weighted by Gasteiger charge is -2.22. The number of hydrogen-bond donors (Lipinski definition) is 4. The number of aromatic nitrogens is 1. The molecular weight excluding hydrogens is 328 g/mol. The first-order valence-electron chi connectivity index (χ1n) is 7.54. The fourth-order valence-electron chi connectivity index (χ4n) is 1.75. The zero-order valence-electron chi connectivity index (χ0n) is 14.2. The standard InChI is InChI=1S/C15H22N6O4/c1-8(16)12(22)19-9(2)13(23)20-10(3)14(24)21(17)15(25)11-4-6-18-7-5-11/h4-10H,16-17H2,1-3H3,(H,19,22)(H,20,23). The van der Waals surface area contributed by atoms with Crippen LogP contribution in [0.15, 0.2) is 24.5 Å². The molecule has 0 fully saturated rings. The summed E-state index contributed by atoms with van der Waals surface area (Å²) < 4.78 is 0. The number of imide groups is 1. The second-order valence-corrected chi connectivity index (χ2v) is 5.50. The first-order valence-corrected chi connectivity index (χ1v) is 7.54. The molecule has 1 rings (SSSR count). The Kier molecular flexibility index (Phi) is 7.15. The van der Waals surface area contributed by atoms with Crippen LogP contribution in [0, 0.1) is 0 Å². The number of rotatable bonds is 6. The topological polar surface area (TPSA) is 161 Å². The third-order valence-electron chi connectivity index (χ3n) is 3.28. The zero-order valence-corrected chi connectivity index (χ0v) is 14.2. The van der Waals surface area contributed by atoms with E-state index in [1.807, 2.05) is 0 Å². The van der Waals surface area contributed by atoms with Gasteiger partial charge in [0.05, 0.1) is 6.04 Å². The lowest BCUT2D eigenvalue weighted by molar-refractivity contribution is -0.135. The van der Waals surface area contributed by atoms with E-state index in [4.69, 9.17) is 11.6 Å². The number of hydrogen-bond acceptors (Lipinski definition) is 7. The Hall–Kier alpha value is -2.85. The van der Waals surface area contributed by atoms with E-state index >= 15 is 0 Å². The molecule has 3 atom stereocenters. The van der Waals surface area contributed by atoms with E-state index in [2.05, 4.69) is 15.6 Å². The molecule has 1 heterocycles. The van der Waals surface area contributed by atoms with E-state index in [0.717, 1.165) is 0 Å². The predicted octanol–water partition coefficient (Wildman–Crippen LogP) is -1.72. The average molecular weight is 350 g/mol. The van der Waals surface area contributed by atoms with Crippen molar-refractivity contribution in [2.24, 2.45) is 11.6 Å². The van der Waals surface area contributed by atoms with Gasteiger partial charge in [-0.15, -0.1) is 0 Å². The van der Waals surface area contributed by atoms with E-state index in [1.165, 1.54) is 45.3 Å². The van der Waals surface area contributed by atoms with Gasteiger partial charge in [-0.1, -0.05) is 0 Å². The van der Waals surface area contributed by atoms with Crippen LogP contribution in [-0.2, 0) is 14.4 Å². The van der Waals surface area contributed by atoms with E-state index < -0.39 is 41.8 Å². The third-order valence-corrected chi connectivity index (χ3v) is 3.28. The summed E-state index contributed by atoms with van der Waals surface area (Å²) in [7, 11) is 0. The maximum absolute atomic E-state index is 12.2. The summed E-state index contributed by atoms with van der Waals surface area (Å²) in [5.74, 6) is 2.89. The number of amides is 4. The van der Waals surface area contributed by atoms with Crippen LogP contribution in [0.1, 0.15) is 31.1 Å². The second-order valence-electron chi connectivity index (χ2n) is 5.50. The molecule has 0 aliphatic carbocycles. The minimum Gasteiger partial charge on any atom is -0.343 e. The number of nitrogens with zero attached hydrogens (tertiary/aromatic N) is 2. The molecule has 0 aliphatic rings. The van der Waals surface area contributed by atoms with Gasteiger partial charge in [-0.25, -0.2) is 10.9 Å². The fourth-order valence-corrected chi connectivity index (χ4v) is 1.75. The molecule has 3 unspecified atom stereocenters. The van der Waals surface area contributed by atoms with Crippen LogP contribution in [0.4, 0.5) is 0 Å². The van der Waals surface area contributed by atoms with Crippen LogP contribution >= 0.6 is 0 Å². The van der Waals surface area contributed by atoms with Crippen molar-refractivity contribution in [1.29, 1.82) is 0 Å². The number of nitrogens with two attached hydrogens (primary N) is 2. The van der Waals surface area contributed by atoms with Crippen LogP contribution in [0.2, 0.25) is 0 Å². The smallest absolute Gasteiger partial charge is 0.275 e. The highest BCUT2D eigenvalue weighted by molar-refractivity contribution is 6.06. The van der Waals surface area contributed by atoms with Gasteiger partial charge in [0, 0.05) is 18.0 Å². The molecular formula is C15H22N6O4. The Morgan fingerprint density at radius 3 is 2.04 bits per heavy atom. The molecule has 6 N–H and O–H groups in total. The Morgan fingerprint density at radius 1 is 1.00 bits per heavy atom. The normalized spacial score (nSPS) is 14.0. The zero-order chi connectivity index (χ0) is 19.1. The predicted molar refractivity (Wildman–Crippen MR) is 88.5 cm³/mol. The molecule has 0 radical (unpaired) electrons. The van der Waals surface area contributed by atoms with Crippen molar-refractivity contribution in [2.75, 3.05) is 0 Å². The molecule has 136 valence electrons. The SMILES string of the molecule is CC(N)C(=O)NC(C)C(=O)NC(C)C(=O)N(N)C(=O)c1ccncc1. The molecule has 0 saturated heterocycles. The van der Waals surface area contributed by atoms with Crippen LogP contribution in [0.3, 0.4) is 0 Å². The van der Waals surface area contributed by atoms with Crippen molar-refractivity contribution in [3.8, 4) is 0 Å². The summed E-state index contributed by atoms with van der Waals surface area (Å²) in [4.78, 5) is 51.5. The summed E-state index contributed by atoms with van der Waals surface area (Å²) in [5, 5.41) is 5.20. The maximum atomic E-state index is 12.2. The minimum atomic E-state index is -1.07. The molecule has 10 heteroatoms. The summed E-state index contributed by atoms with van der Waals surface area (Å²) in [6.07, 6.45) is 2.78. The molecule has 0 spiro atoms. The summed E-state index contributed by atoms with van der Waals surface area (Å²) in [6, 6.07) is 0.0647. The van der Waals surface area contributed by atoms with Gasteiger partial charge in [0.1, 0.15) is 12.1 Å². The summed E-state index contributed by atoms with van der Waals surface area (Å²) >= 11 is 0. The van der Waals surface area contributed by atoms with Gasteiger partial charge in [-0.3, -0.25) is 24.2 Å². The number of pyridine rings is 1. The highest BCUT2D eigenvalue weighted by atomic mass is 16.2. The summed E-state index contributed by atoms with van der Waals surface area (Å²) in [5.41, 5.74) is 5.58. The Balaban J connectivity index is 2.65. The third kappa shape index (κ3) is 5.62. The molecule has 25 heavy (non-hydrogen) atoms. The highest BCUT2D eigenvalue weighted by Gasteiger charge is 2.27. The number of carbonyl (C=O) groups excluding carboxylic acids is 4. The number of hydrazine groups is 1. The lowest BCUT2D eigenvalue weighted by atomic mass is 10.2. The van der Waals surface area contributed by atoms with Gasteiger partial charge < -0.3 is 16.4 Å². The van der Waals surface area contributed by atoms with Gasteiger partial charge in [-0.05, 0) is 32.9 Å². The molecule has 1 aromatic heterocycles. The molecule has 0 aliphatic heterocycles. The molecule has 1 aromatic rings. The van der Waals surface area contributed by atoms with Gasteiger partial charge in [-0.2, -0.15) is 0 Å². The van der Waals surface area contributed by atoms with Crippen molar-refractivity contribution >= 4 is 23.6 Å². The lowest BCUT2D eigenvalue weighted by Crippen LogP contribution is -2.56. The van der Waals surface area contributed by atoms with Gasteiger partial charge >= 0.3 is 0 Å². The summed E-state index contributed by atoms with van der Waals surface area (Å²) in [6.45, 7) is 4.29. The van der Waals surface area contributed by atoms with Crippen molar-refractivity contribution in [1.82, 2.24) is 20.6 Å². The Morgan fingerprint density at radius 2 is 1.52 bits per heavy atom. The first kappa shape index (κ1) is 20.2. The number of nitrogens with one attached hydrogen (secondary N) is 2. The molecule has 0 saturated carbocycles. The van der Waals surface area contributed by atoms with Crippen LogP contribution in [-0.4, -0.2) is 51.7 Å².